The fourth-order valence-electron chi connectivity index (χ4n) is 4.96. The molecule has 0 unspecified atom stereocenters. The van der Waals surface area contributed by atoms with Crippen molar-refractivity contribution in [1.29, 1.82) is 0 Å². The molecule has 32 heavy (non-hydrogen) atoms. The molecule has 1 aromatic carbocycles. The largest absolute Gasteiger partial charge is 0.453 e. The van der Waals surface area contributed by atoms with Gasteiger partial charge in [-0.1, -0.05) is 52.8 Å². The third-order valence-electron chi connectivity index (χ3n) is 7.86. The van der Waals surface area contributed by atoms with Crippen molar-refractivity contribution in [2.75, 3.05) is 33.0 Å². The molecule has 4 rings (SSSR count). The number of rotatable bonds is 6. The zero-order valence-corrected chi connectivity index (χ0v) is 20.0. The highest BCUT2D eigenvalue weighted by atomic mass is 16.7. The molecule has 0 radical (unpaired) electrons. The molecule has 1 aromatic rings. The van der Waals surface area contributed by atoms with Gasteiger partial charge in [0, 0.05) is 5.41 Å². The SMILES string of the molecule is CC(C)(C)C1(OCC(C)(C)[C@@]2(O)CO[C@@H]3[C@@H](OC(=O)c4ccccc4)CO[C@@]32C)COC1. The predicted molar refractivity (Wildman–Crippen MR) is 117 cm³/mol. The standard InChI is InChI=1S/C25H36O7/c1-21(2,3)24(14-28-15-24)31-13-22(4,5)25(27)16-29-19-18(12-30-23(19,25)6)32-20(26)17-10-8-7-9-11-17/h7-11,18-19,27H,12-16H2,1-6H3/t18-,19+,23-,25-/m0/s1. The van der Waals surface area contributed by atoms with Crippen molar-refractivity contribution in [2.24, 2.45) is 10.8 Å². The number of aliphatic hydroxyl groups is 1. The van der Waals surface area contributed by atoms with E-state index in [0.29, 0.717) is 25.4 Å². The van der Waals surface area contributed by atoms with E-state index in [-0.39, 0.29) is 24.2 Å². The molecule has 7 heteroatoms. The van der Waals surface area contributed by atoms with Crippen LogP contribution in [0, 0.1) is 10.8 Å². The zero-order valence-electron chi connectivity index (χ0n) is 20.0. The number of carbonyl (C=O) groups excluding carboxylic acids is 1. The molecule has 3 aliphatic rings. The van der Waals surface area contributed by atoms with E-state index in [4.69, 9.17) is 23.7 Å². The number of hydrogen-bond acceptors (Lipinski definition) is 7. The molecule has 3 heterocycles. The van der Waals surface area contributed by atoms with E-state index >= 15 is 0 Å². The van der Waals surface area contributed by atoms with Crippen LogP contribution in [0.15, 0.2) is 30.3 Å². The molecular weight excluding hydrogens is 412 g/mol. The maximum Gasteiger partial charge on any atom is 0.338 e. The summed E-state index contributed by atoms with van der Waals surface area (Å²) in [4.78, 5) is 12.6. The molecule has 0 aromatic heterocycles. The minimum absolute atomic E-state index is 0.0724. The number of hydrogen-bond donors (Lipinski definition) is 1. The summed E-state index contributed by atoms with van der Waals surface area (Å²) in [5.41, 5.74) is -3.07. The number of fused-ring (bicyclic) bond motifs is 1. The average molecular weight is 449 g/mol. The van der Waals surface area contributed by atoms with Crippen LogP contribution in [0.25, 0.3) is 0 Å². The Morgan fingerprint density at radius 3 is 2.34 bits per heavy atom. The highest BCUT2D eigenvalue weighted by Crippen LogP contribution is 2.53. The molecule has 0 bridgehead atoms. The molecule has 0 saturated carbocycles. The quantitative estimate of drug-likeness (QED) is 0.670. The third-order valence-corrected chi connectivity index (χ3v) is 7.86. The second-order valence-corrected chi connectivity index (χ2v) is 11.2. The summed E-state index contributed by atoms with van der Waals surface area (Å²) in [5, 5.41) is 11.9. The summed E-state index contributed by atoms with van der Waals surface area (Å²) in [7, 11) is 0. The van der Waals surface area contributed by atoms with E-state index in [0.717, 1.165) is 0 Å². The summed E-state index contributed by atoms with van der Waals surface area (Å²) in [6, 6.07) is 8.83. The minimum Gasteiger partial charge on any atom is -0.453 e. The fourth-order valence-corrected chi connectivity index (χ4v) is 4.96. The van der Waals surface area contributed by atoms with Crippen molar-refractivity contribution in [2.45, 2.75) is 70.6 Å². The molecule has 178 valence electrons. The molecule has 4 atom stereocenters. The molecule has 3 saturated heterocycles. The highest BCUT2D eigenvalue weighted by molar-refractivity contribution is 5.89. The van der Waals surface area contributed by atoms with E-state index in [1.165, 1.54) is 0 Å². The number of esters is 1. The minimum atomic E-state index is -1.33. The Balaban J connectivity index is 1.48. The molecule has 0 aliphatic carbocycles. The highest BCUT2D eigenvalue weighted by Gasteiger charge is 2.70. The van der Waals surface area contributed by atoms with E-state index in [1.807, 2.05) is 26.8 Å². The monoisotopic (exact) mass is 448 g/mol. The van der Waals surface area contributed by atoms with E-state index < -0.39 is 34.8 Å². The Labute approximate surface area is 190 Å². The van der Waals surface area contributed by atoms with E-state index in [1.54, 1.807) is 24.3 Å². The zero-order chi connectivity index (χ0) is 23.4. The van der Waals surface area contributed by atoms with Gasteiger partial charge in [0.1, 0.15) is 22.9 Å². The first-order valence-corrected chi connectivity index (χ1v) is 11.3. The van der Waals surface area contributed by atoms with Crippen molar-refractivity contribution in [3.05, 3.63) is 35.9 Å². The Kier molecular flexibility index (Phi) is 5.74. The van der Waals surface area contributed by atoms with Crippen molar-refractivity contribution in [1.82, 2.24) is 0 Å². The molecular formula is C25H36O7. The molecule has 0 spiro atoms. The van der Waals surface area contributed by atoms with Crippen molar-refractivity contribution in [3.63, 3.8) is 0 Å². The van der Waals surface area contributed by atoms with Crippen LogP contribution in [-0.2, 0) is 23.7 Å². The summed E-state index contributed by atoms with van der Waals surface area (Å²) >= 11 is 0. The lowest BCUT2D eigenvalue weighted by atomic mass is 9.66. The van der Waals surface area contributed by atoms with Crippen molar-refractivity contribution in [3.8, 4) is 0 Å². The first-order valence-electron chi connectivity index (χ1n) is 11.3. The van der Waals surface area contributed by atoms with E-state index in [2.05, 4.69) is 20.8 Å². The first-order chi connectivity index (χ1) is 14.9. The summed E-state index contributed by atoms with van der Waals surface area (Å²) in [6.45, 7) is 13.8. The van der Waals surface area contributed by atoms with Gasteiger partial charge in [0.15, 0.2) is 6.10 Å². The van der Waals surface area contributed by atoms with Crippen LogP contribution < -0.4 is 0 Å². The Morgan fingerprint density at radius 1 is 1.12 bits per heavy atom. The Morgan fingerprint density at radius 2 is 1.78 bits per heavy atom. The molecule has 3 aliphatic heterocycles. The van der Waals surface area contributed by atoms with E-state index in [9.17, 15) is 9.90 Å². The van der Waals surface area contributed by atoms with Gasteiger partial charge >= 0.3 is 5.97 Å². The summed E-state index contributed by atoms with van der Waals surface area (Å²) in [5.74, 6) is -0.429. The lowest BCUT2D eigenvalue weighted by molar-refractivity contribution is -0.281. The predicted octanol–water partition coefficient (Wildman–Crippen LogP) is 2.99. The van der Waals surface area contributed by atoms with Crippen molar-refractivity contribution < 1.29 is 33.6 Å². The first kappa shape index (κ1) is 23.6. The van der Waals surface area contributed by atoms with Gasteiger partial charge in [-0.25, -0.2) is 4.79 Å². The molecule has 3 fully saturated rings. The number of ether oxygens (including phenoxy) is 5. The fraction of sp³-hybridized carbons (Fsp3) is 0.720. The van der Waals surface area contributed by atoms with Crippen LogP contribution in [-0.4, -0.2) is 73.1 Å². The van der Waals surface area contributed by atoms with Gasteiger partial charge in [-0.15, -0.1) is 0 Å². The lowest BCUT2D eigenvalue weighted by Gasteiger charge is -2.53. The molecule has 1 N–H and O–H groups in total. The van der Waals surface area contributed by atoms with Crippen LogP contribution >= 0.6 is 0 Å². The third kappa shape index (κ3) is 3.49. The normalized spacial score (nSPS) is 34.1. The summed E-state index contributed by atoms with van der Waals surface area (Å²) in [6.07, 6.45) is -1.16. The van der Waals surface area contributed by atoms with Gasteiger partial charge in [0.2, 0.25) is 0 Å². The number of carbonyl (C=O) groups is 1. The summed E-state index contributed by atoms with van der Waals surface area (Å²) < 4.78 is 29.8. The van der Waals surface area contributed by atoms with Gasteiger partial charge in [-0.05, 0) is 24.5 Å². The van der Waals surface area contributed by atoms with Crippen LogP contribution in [0.5, 0.6) is 0 Å². The van der Waals surface area contributed by atoms with Crippen LogP contribution in [0.4, 0.5) is 0 Å². The maximum atomic E-state index is 12.6. The molecule has 0 amide bonds. The van der Waals surface area contributed by atoms with Gasteiger partial charge in [0.05, 0.1) is 38.6 Å². The van der Waals surface area contributed by atoms with Crippen LogP contribution in [0.2, 0.25) is 0 Å². The van der Waals surface area contributed by atoms with Crippen LogP contribution in [0.3, 0.4) is 0 Å². The average Bonchev–Trinajstić information content (AvgIpc) is 3.15. The smallest absolute Gasteiger partial charge is 0.338 e. The van der Waals surface area contributed by atoms with Crippen molar-refractivity contribution >= 4 is 5.97 Å². The van der Waals surface area contributed by atoms with Gasteiger partial charge in [0.25, 0.3) is 0 Å². The second-order valence-electron chi connectivity index (χ2n) is 11.2. The lowest BCUT2D eigenvalue weighted by Crippen LogP contribution is -2.66. The maximum absolute atomic E-state index is 12.6. The van der Waals surface area contributed by atoms with Gasteiger partial charge in [-0.3, -0.25) is 0 Å². The Hall–Kier alpha value is -1.51. The van der Waals surface area contributed by atoms with Gasteiger partial charge < -0.3 is 28.8 Å². The Bertz CT molecular complexity index is 842. The topological polar surface area (TPSA) is 83.5 Å². The second kappa shape index (κ2) is 7.77. The molecule has 7 nitrogen and oxygen atoms in total. The van der Waals surface area contributed by atoms with Crippen LogP contribution in [0.1, 0.15) is 51.9 Å². The van der Waals surface area contributed by atoms with Gasteiger partial charge in [-0.2, -0.15) is 0 Å². The number of benzene rings is 1.